The monoisotopic (exact) mass is 818 g/mol. The topological polar surface area (TPSA) is 250 Å². The third-order valence-corrected chi connectivity index (χ3v) is 9.93. The van der Waals surface area contributed by atoms with E-state index in [1.54, 1.807) is 36.4 Å². The number of phenolic OH excluding ortho intramolecular Hbond substituents is 1. The molecule has 2 aliphatic carbocycles. The molecule has 0 saturated carbocycles. The second-order valence-electron chi connectivity index (χ2n) is 13.3. The number of esters is 2. The number of benzene rings is 2. The maximum Gasteiger partial charge on any atom is 0.306 e. The molecule has 2 aromatic rings. The normalized spacial score (nSPS) is 16.4. The fourth-order valence-electron chi connectivity index (χ4n) is 6.79. The lowest BCUT2D eigenvalue weighted by Crippen LogP contribution is -2.39. The maximum atomic E-state index is 13.2. The lowest BCUT2D eigenvalue weighted by molar-refractivity contribution is -0.151. The van der Waals surface area contributed by atoms with Crippen LogP contribution in [-0.2, 0) is 23.9 Å². The standard InChI is InChI=1S/C44H46N6O10/c1-4-49(5-2)32-11-12-33(36(52)21-32)42-43(55)41(44(42)56)28-7-9-31(10-8-28)50(6-3)15-17-59-39(53)13-14-40(54)60-20-19-58-38-23-34(29(24-45)25-46)37(57-18-16-51)22-35(38)30(26-47)27-48/h7-12,21-23,28,31,41,51-52,55H,4-6,13-20H2,1-3H3. The smallest absolute Gasteiger partial charge is 0.306 e. The van der Waals surface area contributed by atoms with Gasteiger partial charge in [-0.3, -0.25) is 19.3 Å². The van der Waals surface area contributed by atoms with Crippen LogP contribution in [0.3, 0.4) is 0 Å². The predicted molar refractivity (Wildman–Crippen MR) is 217 cm³/mol. The summed E-state index contributed by atoms with van der Waals surface area (Å²) >= 11 is 0. The average molecular weight is 819 g/mol. The van der Waals surface area contributed by atoms with E-state index in [-0.39, 0.29) is 114 Å². The average Bonchev–Trinajstić information content (AvgIpc) is 3.25. The zero-order valence-electron chi connectivity index (χ0n) is 33.6. The molecule has 0 saturated heterocycles. The molecule has 312 valence electrons. The van der Waals surface area contributed by atoms with E-state index in [1.807, 2.05) is 56.0 Å². The third kappa shape index (κ3) is 10.9. The van der Waals surface area contributed by atoms with Gasteiger partial charge >= 0.3 is 11.9 Å². The molecule has 3 N–H and O–H groups in total. The number of carbonyl (C=O) groups is 3. The van der Waals surface area contributed by atoms with Crippen LogP contribution >= 0.6 is 0 Å². The molecule has 16 heteroatoms. The Morgan fingerprint density at radius 1 is 0.733 bits per heavy atom. The summed E-state index contributed by atoms with van der Waals surface area (Å²) in [5.41, 5.74) is 0.550. The van der Waals surface area contributed by atoms with Gasteiger partial charge in [0.2, 0.25) is 0 Å². The first-order chi connectivity index (χ1) is 29.0. The number of likely N-dealkylation sites (N-methyl/N-ethyl adjacent to an activating group) is 1. The van der Waals surface area contributed by atoms with Gasteiger partial charge in [0.25, 0.3) is 0 Å². The van der Waals surface area contributed by atoms with Crippen molar-refractivity contribution in [2.75, 3.05) is 64.1 Å². The van der Waals surface area contributed by atoms with Gasteiger partial charge in [0, 0.05) is 59.3 Å². The van der Waals surface area contributed by atoms with Crippen molar-refractivity contribution in [2.24, 2.45) is 11.8 Å². The van der Waals surface area contributed by atoms with Crippen molar-refractivity contribution in [3.63, 3.8) is 0 Å². The Morgan fingerprint density at radius 2 is 1.28 bits per heavy atom. The summed E-state index contributed by atoms with van der Waals surface area (Å²) in [6.07, 6.45) is 7.06. The lowest BCUT2D eigenvalue weighted by Gasteiger charge is -2.35. The largest absolute Gasteiger partial charge is 0.511 e. The van der Waals surface area contributed by atoms with E-state index in [9.17, 15) is 45.6 Å². The van der Waals surface area contributed by atoms with Gasteiger partial charge in [0.05, 0.1) is 30.9 Å². The summed E-state index contributed by atoms with van der Waals surface area (Å²) in [5.74, 6) is -2.90. The van der Waals surface area contributed by atoms with Gasteiger partial charge in [-0.2, -0.15) is 21.0 Å². The molecular weight excluding hydrogens is 773 g/mol. The number of rotatable bonds is 20. The van der Waals surface area contributed by atoms with Crippen LogP contribution in [-0.4, -0.2) is 103 Å². The van der Waals surface area contributed by atoms with Gasteiger partial charge in [-0.1, -0.05) is 31.2 Å². The molecule has 0 amide bonds. The number of allylic oxidation sites excluding steroid dienone is 4. The highest BCUT2D eigenvalue weighted by Gasteiger charge is 2.44. The molecule has 0 aromatic heterocycles. The summed E-state index contributed by atoms with van der Waals surface area (Å²) < 4.78 is 21.6. The Balaban J connectivity index is 1.23. The number of nitriles is 4. The second kappa shape index (κ2) is 22.2. The lowest BCUT2D eigenvalue weighted by atomic mass is 9.70. The van der Waals surface area contributed by atoms with Crippen LogP contribution in [0, 0.1) is 57.2 Å². The summed E-state index contributed by atoms with van der Waals surface area (Å²) in [6, 6.07) is 14.4. The summed E-state index contributed by atoms with van der Waals surface area (Å²) in [7, 11) is 0. The van der Waals surface area contributed by atoms with Crippen molar-refractivity contribution in [3.8, 4) is 41.5 Å². The molecule has 60 heavy (non-hydrogen) atoms. The van der Waals surface area contributed by atoms with Crippen LogP contribution in [0.1, 0.15) is 39.2 Å². The number of ketones is 1. The number of anilines is 1. The van der Waals surface area contributed by atoms with Crippen LogP contribution in [0.5, 0.6) is 17.2 Å². The van der Waals surface area contributed by atoms with Gasteiger partial charge in [-0.15, -0.1) is 0 Å². The molecular formula is C44H46N6O10. The minimum Gasteiger partial charge on any atom is -0.511 e. The first kappa shape index (κ1) is 45.6. The Hall–Kier alpha value is -7.11. The number of carbonyl (C=O) groups excluding carboxylic acids is 3. The van der Waals surface area contributed by atoms with Crippen molar-refractivity contribution < 1.29 is 48.7 Å². The molecule has 16 nitrogen and oxygen atoms in total. The fraction of sp³-hybridized carbons (Fsp3) is 0.386. The van der Waals surface area contributed by atoms with Crippen LogP contribution in [0.2, 0.25) is 0 Å². The minimum absolute atomic E-state index is 0.00460. The van der Waals surface area contributed by atoms with Gasteiger partial charge < -0.3 is 39.2 Å². The van der Waals surface area contributed by atoms with Crippen LogP contribution in [0.4, 0.5) is 5.69 Å². The Labute approximate surface area is 347 Å². The van der Waals surface area contributed by atoms with Crippen molar-refractivity contribution in [3.05, 3.63) is 76.4 Å². The predicted octanol–water partition coefficient (Wildman–Crippen LogP) is 2.85. The molecule has 1 atom stereocenters. The third-order valence-electron chi connectivity index (χ3n) is 9.93. The van der Waals surface area contributed by atoms with Crippen molar-refractivity contribution in [2.45, 2.75) is 39.7 Å². The molecule has 2 aromatic carbocycles. The van der Waals surface area contributed by atoms with Crippen molar-refractivity contribution >= 4 is 40.1 Å². The Bertz CT molecular complexity index is 2290. The van der Waals surface area contributed by atoms with Crippen LogP contribution in [0.25, 0.3) is 16.7 Å². The zero-order chi connectivity index (χ0) is 43.8. The SMILES string of the molecule is CCN(CC)c1ccc(C2=C(O)C(C3C=CC(N(CC)CCOC(=O)CCC(=O)OCCOc4cc(=C(C#N)C#N)c(OCCO)cc4=C(C#N)C#N)C=C3)C2=O)c(O)c1. The molecule has 0 aliphatic heterocycles. The number of ether oxygens (including phenoxy) is 4. The van der Waals surface area contributed by atoms with Crippen LogP contribution < -0.4 is 24.8 Å². The van der Waals surface area contributed by atoms with Gasteiger partial charge in [0.1, 0.15) is 84.9 Å². The first-order valence-corrected chi connectivity index (χ1v) is 19.4. The summed E-state index contributed by atoms with van der Waals surface area (Å²) in [6.45, 7) is 7.44. The van der Waals surface area contributed by atoms with E-state index in [2.05, 4.69) is 4.90 Å². The number of hydrogen-bond donors (Lipinski definition) is 3. The van der Waals surface area contributed by atoms with Gasteiger partial charge in [0.15, 0.2) is 5.78 Å². The van der Waals surface area contributed by atoms with E-state index < -0.39 is 17.9 Å². The molecule has 1 unspecified atom stereocenters. The summed E-state index contributed by atoms with van der Waals surface area (Å²) in [5, 5.41) is 68.6. The quantitative estimate of drug-likeness (QED) is 0.0987. The maximum absolute atomic E-state index is 13.2. The van der Waals surface area contributed by atoms with Gasteiger partial charge in [-0.05, 0) is 44.7 Å². The second-order valence-corrected chi connectivity index (χ2v) is 13.3. The van der Waals surface area contributed by atoms with E-state index in [0.29, 0.717) is 18.7 Å². The number of nitrogens with zero attached hydrogens (tertiary/aromatic N) is 6. The molecule has 0 bridgehead atoms. The number of Topliss-reactive ketones (excluding diaryl/α,β-unsaturated/α-hetero) is 1. The van der Waals surface area contributed by atoms with Crippen molar-refractivity contribution in [1.29, 1.82) is 21.0 Å². The number of aliphatic hydroxyl groups excluding tert-OH is 2. The van der Waals surface area contributed by atoms with E-state index in [1.165, 1.54) is 12.1 Å². The molecule has 0 fully saturated rings. The molecule has 2 aliphatic rings. The number of aliphatic hydroxyl groups is 2. The van der Waals surface area contributed by atoms with E-state index in [4.69, 9.17) is 24.1 Å². The Kier molecular flexibility index (Phi) is 16.8. The highest BCUT2D eigenvalue weighted by atomic mass is 16.6. The number of aromatic hydroxyl groups is 1. The number of hydrogen-bond acceptors (Lipinski definition) is 16. The van der Waals surface area contributed by atoms with Crippen molar-refractivity contribution in [1.82, 2.24) is 4.90 Å². The molecule has 4 rings (SSSR count). The van der Waals surface area contributed by atoms with E-state index in [0.717, 1.165) is 18.8 Å². The fourth-order valence-corrected chi connectivity index (χ4v) is 6.79. The zero-order valence-corrected chi connectivity index (χ0v) is 33.6. The van der Waals surface area contributed by atoms with Gasteiger partial charge in [-0.25, -0.2) is 0 Å². The highest BCUT2D eigenvalue weighted by molar-refractivity contribution is 6.30. The molecule has 0 heterocycles. The highest BCUT2D eigenvalue weighted by Crippen LogP contribution is 2.45. The van der Waals surface area contributed by atoms with Crippen LogP contribution in [0.15, 0.2) is 60.4 Å². The minimum atomic E-state index is -0.749. The Morgan fingerprint density at radius 3 is 1.77 bits per heavy atom. The first-order valence-electron chi connectivity index (χ1n) is 19.4. The number of phenols is 1. The molecule has 0 spiro atoms. The van der Waals surface area contributed by atoms with E-state index >= 15 is 0 Å². The summed E-state index contributed by atoms with van der Waals surface area (Å²) in [4.78, 5) is 42.1. The molecule has 0 radical (unpaired) electrons.